The molecule has 0 amide bonds. The number of rotatable bonds is 3. The SMILES string of the molecule is CN1CCN(c2cccc3[nH]c(-c4n[nH]c5cnc(-c6cn[nH]c6)cc45)cc23)CC1. The average Bonchev–Trinajstić information content (AvgIpc) is 3.52. The van der Waals surface area contributed by atoms with Crippen LogP contribution >= 0.6 is 0 Å². The largest absolute Gasteiger partial charge is 0.368 e. The fourth-order valence-electron chi connectivity index (χ4n) is 4.26. The summed E-state index contributed by atoms with van der Waals surface area (Å²) in [5.74, 6) is 0. The number of benzene rings is 1. The van der Waals surface area contributed by atoms with E-state index in [4.69, 9.17) is 0 Å². The van der Waals surface area contributed by atoms with Gasteiger partial charge in [0, 0.05) is 59.9 Å². The third-order valence-electron chi connectivity index (χ3n) is 5.98. The first kappa shape index (κ1) is 17.2. The first-order valence-electron chi connectivity index (χ1n) is 10.1. The zero-order valence-electron chi connectivity index (χ0n) is 16.7. The molecule has 1 aliphatic heterocycles. The summed E-state index contributed by atoms with van der Waals surface area (Å²) in [5, 5.41) is 16.9. The van der Waals surface area contributed by atoms with Crippen LogP contribution in [-0.2, 0) is 0 Å². The number of likely N-dealkylation sites (N-methyl/N-ethyl adjacent to an activating group) is 1. The molecule has 0 saturated carbocycles. The van der Waals surface area contributed by atoms with Gasteiger partial charge in [0.05, 0.1) is 29.3 Å². The van der Waals surface area contributed by atoms with Gasteiger partial charge < -0.3 is 14.8 Å². The number of hydrogen-bond acceptors (Lipinski definition) is 5. The summed E-state index contributed by atoms with van der Waals surface area (Å²) in [6, 6.07) is 10.8. The maximum absolute atomic E-state index is 4.60. The van der Waals surface area contributed by atoms with Gasteiger partial charge in [0.25, 0.3) is 0 Å². The first-order chi connectivity index (χ1) is 14.8. The number of pyridine rings is 1. The average molecular weight is 398 g/mol. The Hall–Kier alpha value is -3.65. The monoisotopic (exact) mass is 398 g/mol. The highest BCUT2D eigenvalue weighted by molar-refractivity contribution is 6.00. The molecule has 0 bridgehead atoms. The minimum atomic E-state index is 0.869. The zero-order valence-corrected chi connectivity index (χ0v) is 16.7. The molecule has 30 heavy (non-hydrogen) atoms. The molecule has 0 spiro atoms. The van der Waals surface area contributed by atoms with Crippen molar-refractivity contribution in [3.63, 3.8) is 0 Å². The predicted octanol–water partition coefficient (Wildman–Crippen LogP) is 3.25. The van der Waals surface area contributed by atoms with Gasteiger partial charge >= 0.3 is 0 Å². The Kier molecular flexibility index (Phi) is 3.85. The van der Waals surface area contributed by atoms with E-state index in [1.807, 2.05) is 12.4 Å². The van der Waals surface area contributed by atoms with Crippen LogP contribution in [0.1, 0.15) is 0 Å². The quantitative estimate of drug-likeness (QED) is 0.434. The lowest BCUT2D eigenvalue weighted by atomic mass is 10.1. The lowest BCUT2D eigenvalue weighted by molar-refractivity contribution is 0.313. The van der Waals surface area contributed by atoms with Crippen molar-refractivity contribution in [2.24, 2.45) is 0 Å². The Morgan fingerprint density at radius 1 is 0.967 bits per heavy atom. The first-order valence-corrected chi connectivity index (χ1v) is 10.1. The molecule has 8 nitrogen and oxygen atoms in total. The van der Waals surface area contributed by atoms with Crippen molar-refractivity contribution < 1.29 is 0 Å². The van der Waals surface area contributed by atoms with E-state index in [9.17, 15) is 0 Å². The minimum Gasteiger partial charge on any atom is -0.368 e. The molecule has 0 radical (unpaired) electrons. The Balaban J connectivity index is 1.45. The van der Waals surface area contributed by atoms with E-state index < -0.39 is 0 Å². The van der Waals surface area contributed by atoms with Crippen molar-refractivity contribution in [3.05, 3.63) is 48.9 Å². The van der Waals surface area contributed by atoms with E-state index >= 15 is 0 Å². The standard InChI is InChI=1S/C22H22N8/c1-29-5-7-30(8-6-29)21-4-2-3-17-15(21)9-19(26-17)22-16-10-18(14-11-24-25-12-14)23-13-20(16)27-28-22/h2-4,9-13,26H,5-8H2,1H3,(H,24,25)(H,27,28). The van der Waals surface area contributed by atoms with Gasteiger partial charge in [-0.3, -0.25) is 15.2 Å². The maximum Gasteiger partial charge on any atom is 0.116 e. The predicted molar refractivity (Wildman–Crippen MR) is 118 cm³/mol. The summed E-state index contributed by atoms with van der Waals surface area (Å²) < 4.78 is 0. The van der Waals surface area contributed by atoms with E-state index in [0.29, 0.717) is 0 Å². The highest BCUT2D eigenvalue weighted by Crippen LogP contribution is 2.34. The highest BCUT2D eigenvalue weighted by Gasteiger charge is 2.19. The zero-order chi connectivity index (χ0) is 20.1. The maximum atomic E-state index is 4.60. The van der Waals surface area contributed by atoms with Gasteiger partial charge in [-0.2, -0.15) is 10.2 Å². The van der Waals surface area contributed by atoms with Crippen molar-refractivity contribution in [2.45, 2.75) is 0 Å². The van der Waals surface area contributed by atoms with Crippen molar-refractivity contribution in [3.8, 4) is 22.6 Å². The normalized spacial score (nSPS) is 15.4. The van der Waals surface area contributed by atoms with Gasteiger partial charge in [0.1, 0.15) is 5.69 Å². The summed E-state index contributed by atoms with van der Waals surface area (Å²) in [5.41, 5.74) is 7.05. The third-order valence-corrected chi connectivity index (χ3v) is 5.98. The summed E-state index contributed by atoms with van der Waals surface area (Å²) in [4.78, 5) is 13.0. The molecule has 150 valence electrons. The number of hydrogen-bond donors (Lipinski definition) is 3. The molecule has 5 heterocycles. The molecule has 6 rings (SSSR count). The summed E-state index contributed by atoms with van der Waals surface area (Å²) in [6.07, 6.45) is 5.45. The highest BCUT2D eigenvalue weighted by atomic mass is 15.2. The van der Waals surface area contributed by atoms with Gasteiger partial charge in [-0.15, -0.1) is 0 Å². The molecule has 5 aromatic rings. The van der Waals surface area contributed by atoms with Crippen molar-refractivity contribution in [1.82, 2.24) is 35.3 Å². The van der Waals surface area contributed by atoms with E-state index in [0.717, 1.165) is 65.2 Å². The van der Waals surface area contributed by atoms with Crippen molar-refractivity contribution >= 4 is 27.5 Å². The van der Waals surface area contributed by atoms with Crippen LogP contribution in [0, 0.1) is 0 Å². The Labute approximate surface area is 172 Å². The minimum absolute atomic E-state index is 0.869. The topological polar surface area (TPSA) is 92.5 Å². The molecule has 1 aliphatic rings. The second-order valence-corrected chi connectivity index (χ2v) is 7.89. The van der Waals surface area contributed by atoms with E-state index in [-0.39, 0.29) is 0 Å². The molecule has 1 fully saturated rings. The molecule has 1 saturated heterocycles. The Bertz CT molecular complexity index is 1320. The van der Waals surface area contributed by atoms with E-state index in [1.54, 1.807) is 6.20 Å². The van der Waals surface area contributed by atoms with E-state index in [1.165, 1.54) is 11.1 Å². The molecule has 0 unspecified atom stereocenters. The Morgan fingerprint density at radius 2 is 1.87 bits per heavy atom. The number of nitrogens with one attached hydrogen (secondary N) is 3. The number of nitrogens with zero attached hydrogens (tertiary/aromatic N) is 5. The van der Waals surface area contributed by atoms with Crippen LogP contribution in [0.5, 0.6) is 0 Å². The lowest BCUT2D eigenvalue weighted by Gasteiger charge is -2.34. The molecule has 4 aromatic heterocycles. The number of fused-ring (bicyclic) bond motifs is 2. The summed E-state index contributed by atoms with van der Waals surface area (Å²) >= 11 is 0. The number of H-pyrrole nitrogens is 3. The molecule has 1 aromatic carbocycles. The summed E-state index contributed by atoms with van der Waals surface area (Å²) in [7, 11) is 2.18. The van der Waals surface area contributed by atoms with E-state index in [2.05, 4.69) is 77.5 Å². The van der Waals surface area contributed by atoms with Crippen LogP contribution in [-0.4, -0.2) is 68.5 Å². The smallest absolute Gasteiger partial charge is 0.116 e. The van der Waals surface area contributed by atoms with Gasteiger partial charge in [0.15, 0.2) is 0 Å². The van der Waals surface area contributed by atoms with Crippen LogP contribution in [0.15, 0.2) is 48.9 Å². The lowest BCUT2D eigenvalue weighted by Crippen LogP contribution is -2.44. The van der Waals surface area contributed by atoms with Crippen molar-refractivity contribution in [2.75, 3.05) is 38.1 Å². The van der Waals surface area contributed by atoms with Crippen LogP contribution in [0.25, 0.3) is 44.5 Å². The van der Waals surface area contributed by atoms with Crippen molar-refractivity contribution in [1.29, 1.82) is 0 Å². The molecular weight excluding hydrogens is 376 g/mol. The Morgan fingerprint density at radius 3 is 2.70 bits per heavy atom. The van der Waals surface area contributed by atoms with Crippen LogP contribution < -0.4 is 4.90 Å². The second-order valence-electron chi connectivity index (χ2n) is 7.89. The molecular formula is C22H22N8. The fraction of sp³-hybridized carbons (Fsp3) is 0.227. The van der Waals surface area contributed by atoms with Crippen LogP contribution in [0.2, 0.25) is 0 Å². The summed E-state index contributed by atoms with van der Waals surface area (Å²) in [6.45, 7) is 4.26. The van der Waals surface area contributed by atoms with Gasteiger partial charge in [-0.05, 0) is 31.3 Å². The second kappa shape index (κ2) is 6.70. The van der Waals surface area contributed by atoms with Gasteiger partial charge in [0.2, 0.25) is 0 Å². The molecule has 0 atom stereocenters. The van der Waals surface area contributed by atoms with Crippen LogP contribution in [0.4, 0.5) is 5.69 Å². The number of anilines is 1. The van der Waals surface area contributed by atoms with Crippen LogP contribution in [0.3, 0.4) is 0 Å². The molecule has 0 aliphatic carbocycles. The number of aromatic amines is 3. The van der Waals surface area contributed by atoms with Gasteiger partial charge in [-0.25, -0.2) is 0 Å². The number of aromatic nitrogens is 6. The third kappa shape index (κ3) is 2.76. The fourth-order valence-corrected chi connectivity index (χ4v) is 4.26. The van der Waals surface area contributed by atoms with Gasteiger partial charge in [-0.1, -0.05) is 6.07 Å². The molecule has 8 heteroatoms. The molecule has 3 N–H and O–H groups in total. The number of piperazine rings is 1.